The zero-order chi connectivity index (χ0) is 14.0. The van der Waals surface area contributed by atoms with Crippen molar-refractivity contribution in [2.24, 2.45) is 5.73 Å². The molecule has 2 aromatic rings. The van der Waals surface area contributed by atoms with Crippen LogP contribution in [0.4, 0.5) is 13.2 Å². The van der Waals surface area contributed by atoms with Gasteiger partial charge in [-0.1, -0.05) is 36.4 Å². The Morgan fingerprint density at radius 3 is 2.16 bits per heavy atom. The van der Waals surface area contributed by atoms with Gasteiger partial charge in [0.1, 0.15) is 0 Å². The predicted octanol–water partition coefficient (Wildman–Crippen LogP) is 4.39. The van der Waals surface area contributed by atoms with Crippen LogP contribution in [0, 0.1) is 0 Å². The van der Waals surface area contributed by atoms with Crippen LogP contribution in [-0.4, -0.2) is 0 Å². The van der Waals surface area contributed by atoms with Crippen LogP contribution in [0.1, 0.15) is 24.1 Å². The van der Waals surface area contributed by atoms with E-state index in [1.807, 2.05) is 30.3 Å². The van der Waals surface area contributed by atoms with Crippen molar-refractivity contribution in [2.45, 2.75) is 19.1 Å². The molecule has 0 radical (unpaired) electrons. The largest absolute Gasteiger partial charge is 0.416 e. The smallest absolute Gasteiger partial charge is 0.324 e. The predicted molar refractivity (Wildman–Crippen MR) is 69.5 cm³/mol. The summed E-state index contributed by atoms with van der Waals surface area (Å²) in [6.07, 6.45) is -4.35. The highest BCUT2D eigenvalue weighted by atomic mass is 19.4. The Balaban J connectivity index is 2.57. The van der Waals surface area contributed by atoms with Gasteiger partial charge in [0.15, 0.2) is 0 Å². The lowest BCUT2D eigenvalue weighted by atomic mass is 9.94. The minimum absolute atomic E-state index is 0.461. The highest BCUT2D eigenvalue weighted by Gasteiger charge is 2.31. The third-order valence-corrected chi connectivity index (χ3v) is 2.95. The highest BCUT2D eigenvalue weighted by Crippen LogP contribution is 2.35. The molecule has 0 spiro atoms. The van der Waals surface area contributed by atoms with E-state index in [-0.39, 0.29) is 0 Å². The molecule has 4 heteroatoms. The van der Waals surface area contributed by atoms with E-state index in [1.54, 1.807) is 6.92 Å². The topological polar surface area (TPSA) is 26.0 Å². The molecule has 0 aromatic heterocycles. The number of hydrogen-bond donors (Lipinski definition) is 1. The summed E-state index contributed by atoms with van der Waals surface area (Å²) in [4.78, 5) is 0. The van der Waals surface area contributed by atoms with Gasteiger partial charge in [0.25, 0.3) is 0 Å². The standard InChI is InChI=1S/C15H14F3N/c1-10(19)14-9-12(15(16,17)18)7-8-13(14)11-5-3-2-4-6-11/h2-10H,19H2,1H3. The molecule has 0 aliphatic heterocycles. The van der Waals surface area contributed by atoms with Crippen LogP contribution < -0.4 is 5.73 Å². The molecular weight excluding hydrogens is 251 g/mol. The first-order valence-electron chi connectivity index (χ1n) is 5.92. The minimum Gasteiger partial charge on any atom is -0.324 e. The van der Waals surface area contributed by atoms with Crippen LogP contribution in [0.3, 0.4) is 0 Å². The summed E-state index contributed by atoms with van der Waals surface area (Å²) in [5.41, 5.74) is 7.23. The van der Waals surface area contributed by atoms with Crippen molar-refractivity contribution in [3.05, 3.63) is 59.7 Å². The molecule has 0 aliphatic rings. The second-order valence-electron chi connectivity index (χ2n) is 4.45. The van der Waals surface area contributed by atoms with Gasteiger partial charge in [0.05, 0.1) is 5.56 Å². The van der Waals surface area contributed by atoms with E-state index in [9.17, 15) is 13.2 Å². The van der Waals surface area contributed by atoms with Crippen LogP contribution in [0.5, 0.6) is 0 Å². The third kappa shape index (κ3) is 2.96. The van der Waals surface area contributed by atoms with Crippen molar-refractivity contribution >= 4 is 0 Å². The molecule has 0 aliphatic carbocycles. The van der Waals surface area contributed by atoms with Crippen molar-refractivity contribution in [3.63, 3.8) is 0 Å². The lowest BCUT2D eigenvalue weighted by molar-refractivity contribution is -0.137. The second kappa shape index (κ2) is 5.05. The van der Waals surface area contributed by atoms with Crippen LogP contribution in [-0.2, 0) is 6.18 Å². The molecule has 2 N–H and O–H groups in total. The van der Waals surface area contributed by atoms with Crippen LogP contribution in [0.15, 0.2) is 48.5 Å². The van der Waals surface area contributed by atoms with Gasteiger partial charge in [-0.05, 0) is 35.7 Å². The van der Waals surface area contributed by atoms with E-state index in [4.69, 9.17) is 5.73 Å². The summed E-state index contributed by atoms with van der Waals surface area (Å²) in [6.45, 7) is 1.68. The van der Waals surface area contributed by atoms with Crippen molar-refractivity contribution in [3.8, 4) is 11.1 Å². The first-order chi connectivity index (χ1) is 8.89. The fourth-order valence-electron chi connectivity index (χ4n) is 2.00. The van der Waals surface area contributed by atoms with Gasteiger partial charge < -0.3 is 5.73 Å². The van der Waals surface area contributed by atoms with Crippen molar-refractivity contribution in [1.82, 2.24) is 0 Å². The fraction of sp³-hybridized carbons (Fsp3) is 0.200. The molecule has 0 fully saturated rings. The number of rotatable bonds is 2. The summed E-state index contributed by atoms with van der Waals surface area (Å²) in [5, 5.41) is 0. The van der Waals surface area contributed by atoms with Crippen LogP contribution >= 0.6 is 0 Å². The first kappa shape index (κ1) is 13.6. The highest BCUT2D eigenvalue weighted by molar-refractivity contribution is 5.68. The molecule has 2 aromatic carbocycles. The maximum absolute atomic E-state index is 12.7. The zero-order valence-corrected chi connectivity index (χ0v) is 10.4. The second-order valence-corrected chi connectivity index (χ2v) is 4.45. The summed E-state index contributed by atoms with van der Waals surface area (Å²) >= 11 is 0. The number of halogens is 3. The zero-order valence-electron chi connectivity index (χ0n) is 10.4. The van der Waals surface area contributed by atoms with Crippen LogP contribution in [0.2, 0.25) is 0 Å². The lowest BCUT2D eigenvalue weighted by Gasteiger charge is -2.16. The molecule has 2 rings (SSSR count). The van der Waals surface area contributed by atoms with Gasteiger partial charge in [0.2, 0.25) is 0 Å². The molecule has 19 heavy (non-hydrogen) atoms. The number of nitrogens with two attached hydrogens (primary N) is 1. The minimum atomic E-state index is -4.35. The average Bonchev–Trinajstić information content (AvgIpc) is 2.38. The molecule has 1 nitrogen and oxygen atoms in total. The molecule has 0 bridgehead atoms. The summed E-state index contributed by atoms with van der Waals surface area (Å²) in [7, 11) is 0. The summed E-state index contributed by atoms with van der Waals surface area (Å²) in [6, 6.07) is 12.5. The Hall–Kier alpha value is -1.81. The van der Waals surface area contributed by atoms with Gasteiger partial charge >= 0.3 is 6.18 Å². The molecule has 0 heterocycles. The van der Waals surface area contributed by atoms with E-state index in [0.29, 0.717) is 5.56 Å². The van der Waals surface area contributed by atoms with Crippen molar-refractivity contribution in [1.29, 1.82) is 0 Å². The van der Waals surface area contributed by atoms with E-state index in [1.165, 1.54) is 6.07 Å². The van der Waals surface area contributed by atoms with Gasteiger partial charge in [-0.3, -0.25) is 0 Å². The molecule has 1 atom stereocenters. The third-order valence-electron chi connectivity index (χ3n) is 2.95. The van der Waals surface area contributed by atoms with Gasteiger partial charge in [0, 0.05) is 6.04 Å². The Labute approximate surface area is 109 Å². The molecule has 0 amide bonds. The normalized spacial score (nSPS) is 13.3. The van der Waals surface area contributed by atoms with Crippen molar-refractivity contribution in [2.75, 3.05) is 0 Å². The SMILES string of the molecule is CC(N)c1cc(C(F)(F)F)ccc1-c1ccccc1. The van der Waals surface area contributed by atoms with Gasteiger partial charge in [-0.25, -0.2) is 0 Å². The quantitative estimate of drug-likeness (QED) is 0.856. The number of benzene rings is 2. The lowest BCUT2D eigenvalue weighted by Crippen LogP contribution is -2.11. The number of hydrogen-bond acceptors (Lipinski definition) is 1. The van der Waals surface area contributed by atoms with Crippen molar-refractivity contribution < 1.29 is 13.2 Å². The summed E-state index contributed by atoms with van der Waals surface area (Å²) in [5.74, 6) is 0. The molecule has 0 saturated carbocycles. The fourth-order valence-corrected chi connectivity index (χ4v) is 2.00. The van der Waals surface area contributed by atoms with Crippen LogP contribution in [0.25, 0.3) is 11.1 Å². The molecular formula is C15H14F3N. The Morgan fingerprint density at radius 2 is 1.63 bits per heavy atom. The Kier molecular flexibility index (Phi) is 3.62. The monoisotopic (exact) mass is 265 g/mol. The average molecular weight is 265 g/mol. The maximum Gasteiger partial charge on any atom is 0.416 e. The number of alkyl halides is 3. The van der Waals surface area contributed by atoms with Gasteiger partial charge in [-0.15, -0.1) is 0 Å². The first-order valence-corrected chi connectivity index (χ1v) is 5.92. The van der Waals surface area contributed by atoms with E-state index in [2.05, 4.69) is 0 Å². The maximum atomic E-state index is 12.7. The summed E-state index contributed by atoms with van der Waals surface area (Å²) < 4.78 is 38.2. The Morgan fingerprint density at radius 1 is 1.00 bits per heavy atom. The molecule has 100 valence electrons. The van der Waals surface area contributed by atoms with E-state index in [0.717, 1.165) is 23.3 Å². The van der Waals surface area contributed by atoms with Gasteiger partial charge in [-0.2, -0.15) is 13.2 Å². The molecule has 1 unspecified atom stereocenters. The Bertz CT molecular complexity index is 559. The van der Waals surface area contributed by atoms with E-state index >= 15 is 0 Å². The molecule has 0 saturated heterocycles. The van der Waals surface area contributed by atoms with E-state index < -0.39 is 17.8 Å².